The average molecular weight is 392 g/mol. The lowest BCUT2D eigenvalue weighted by atomic mass is 10.0. The van der Waals surface area contributed by atoms with Crippen molar-refractivity contribution in [3.05, 3.63) is 71.6 Å². The molecule has 0 N–H and O–H groups in total. The molecule has 1 heterocycles. The summed E-state index contributed by atoms with van der Waals surface area (Å²) < 4.78 is 51.5. The Balaban J connectivity index is 2.07. The summed E-state index contributed by atoms with van der Waals surface area (Å²) in [6, 6.07) is 14.5. The lowest BCUT2D eigenvalue weighted by Gasteiger charge is -2.29. The summed E-state index contributed by atoms with van der Waals surface area (Å²) in [6.45, 7) is 4.07. The second kappa shape index (κ2) is 6.89. The van der Waals surface area contributed by atoms with E-state index in [-0.39, 0.29) is 10.6 Å². The first-order valence-electron chi connectivity index (χ1n) is 8.31. The van der Waals surface area contributed by atoms with Crippen molar-refractivity contribution in [2.45, 2.75) is 30.7 Å². The lowest BCUT2D eigenvalue weighted by Crippen LogP contribution is -2.41. The largest absolute Gasteiger partial charge is 0.264 e. The van der Waals surface area contributed by atoms with Crippen LogP contribution in [0.4, 0.5) is 5.69 Å². The summed E-state index contributed by atoms with van der Waals surface area (Å²) in [6.07, 6.45) is 1.43. The quantitative estimate of drug-likeness (QED) is 0.784. The smallest absolute Gasteiger partial charge is 0.258 e. The maximum absolute atomic E-state index is 13.3. The fourth-order valence-electron chi connectivity index (χ4n) is 2.93. The SMILES string of the molecule is CC(C)c1ccc(S(=O)(=O)N(c2ccccc2)[C@@H]2C=CS(=O)(=O)C2)cc1. The minimum Gasteiger partial charge on any atom is -0.258 e. The van der Waals surface area contributed by atoms with Crippen LogP contribution in [0.3, 0.4) is 0 Å². The predicted molar refractivity (Wildman–Crippen MR) is 103 cm³/mol. The highest BCUT2D eigenvalue weighted by Gasteiger charge is 2.35. The van der Waals surface area contributed by atoms with Crippen LogP contribution in [0, 0.1) is 0 Å². The lowest BCUT2D eigenvalue weighted by molar-refractivity contribution is 0.586. The van der Waals surface area contributed by atoms with Crippen molar-refractivity contribution in [2.24, 2.45) is 0 Å². The molecule has 0 radical (unpaired) electrons. The molecule has 0 saturated heterocycles. The van der Waals surface area contributed by atoms with Gasteiger partial charge in [0.15, 0.2) is 9.84 Å². The summed E-state index contributed by atoms with van der Waals surface area (Å²) in [5, 5.41) is 1.09. The van der Waals surface area contributed by atoms with Crippen molar-refractivity contribution in [2.75, 3.05) is 10.1 Å². The third-order valence-corrected chi connectivity index (χ3v) is 7.57. The molecule has 3 rings (SSSR count). The molecular weight excluding hydrogens is 370 g/mol. The van der Waals surface area contributed by atoms with Crippen molar-refractivity contribution in [3.63, 3.8) is 0 Å². The molecule has 138 valence electrons. The van der Waals surface area contributed by atoms with Crippen LogP contribution in [0.25, 0.3) is 0 Å². The fourth-order valence-corrected chi connectivity index (χ4v) is 5.90. The number of sulfonamides is 1. The van der Waals surface area contributed by atoms with E-state index in [0.717, 1.165) is 11.0 Å². The Kier molecular flexibility index (Phi) is 4.94. The highest BCUT2D eigenvalue weighted by atomic mass is 32.2. The molecular formula is C19H21NO4S2. The molecule has 0 saturated carbocycles. The second-order valence-electron chi connectivity index (χ2n) is 6.59. The van der Waals surface area contributed by atoms with Gasteiger partial charge in [-0.25, -0.2) is 16.8 Å². The molecule has 0 amide bonds. The van der Waals surface area contributed by atoms with E-state index in [0.29, 0.717) is 11.6 Å². The van der Waals surface area contributed by atoms with Crippen LogP contribution < -0.4 is 4.31 Å². The molecule has 5 nitrogen and oxygen atoms in total. The maximum atomic E-state index is 13.3. The van der Waals surface area contributed by atoms with E-state index in [2.05, 4.69) is 0 Å². The van der Waals surface area contributed by atoms with Crippen molar-refractivity contribution < 1.29 is 16.8 Å². The van der Waals surface area contributed by atoms with Crippen molar-refractivity contribution >= 4 is 25.5 Å². The number of sulfone groups is 1. The minimum atomic E-state index is -3.91. The van der Waals surface area contributed by atoms with Crippen LogP contribution in [-0.2, 0) is 19.9 Å². The van der Waals surface area contributed by atoms with Gasteiger partial charge >= 0.3 is 0 Å². The second-order valence-corrected chi connectivity index (χ2v) is 10.3. The summed E-state index contributed by atoms with van der Waals surface area (Å²) in [5.74, 6) is 0.0328. The Morgan fingerprint density at radius 3 is 2.12 bits per heavy atom. The summed E-state index contributed by atoms with van der Waals surface area (Å²) in [4.78, 5) is 0.142. The number of hydrogen-bond acceptors (Lipinski definition) is 4. The molecule has 1 atom stereocenters. The standard InChI is InChI=1S/C19H21NO4S2/c1-15(2)16-8-10-19(11-9-16)26(23,24)20(17-6-4-3-5-7-17)18-12-13-25(21,22)14-18/h3-13,15,18H,14H2,1-2H3/t18-/m1/s1. The van der Waals surface area contributed by atoms with E-state index in [1.807, 2.05) is 13.8 Å². The number of nitrogens with zero attached hydrogens (tertiary/aromatic N) is 1. The van der Waals surface area contributed by atoms with Crippen LogP contribution in [0.5, 0.6) is 0 Å². The van der Waals surface area contributed by atoms with Gasteiger partial charge in [0.05, 0.1) is 22.4 Å². The van der Waals surface area contributed by atoms with Gasteiger partial charge in [-0.3, -0.25) is 4.31 Å². The third-order valence-electron chi connectivity index (χ3n) is 4.33. The topological polar surface area (TPSA) is 71.5 Å². The van der Waals surface area contributed by atoms with E-state index in [1.165, 1.54) is 10.4 Å². The first-order valence-corrected chi connectivity index (χ1v) is 11.5. The Morgan fingerprint density at radius 1 is 1.00 bits per heavy atom. The van der Waals surface area contributed by atoms with E-state index in [1.54, 1.807) is 54.6 Å². The van der Waals surface area contributed by atoms with Gasteiger partial charge in [0.1, 0.15) is 0 Å². The Labute approximate surface area is 154 Å². The van der Waals surface area contributed by atoms with Crippen LogP contribution >= 0.6 is 0 Å². The molecule has 7 heteroatoms. The molecule has 0 aliphatic carbocycles. The van der Waals surface area contributed by atoms with Crippen molar-refractivity contribution in [3.8, 4) is 0 Å². The van der Waals surface area contributed by atoms with Gasteiger partial charge < -0.3 is 0 Å². The zero-order chi connectivity index (χ0) is 18.9. The first-order chi connectivity index (χ1) is 12.2. The molecule has 1 aliphatic heterocycles. The maximum Gasteiger partial charge on any atom is 0.264 e. The summed E-state index contributed by atoms with van der Waals surface area (Å²) in [7, 11) is -7.31. The molecule has 0 fully saturated rings. The molecule has 1 aliphatic rings. The monoisotopic (exact) mass is 391 g/mol. The minimum absolute atomic E-state index is 0.142. The van der Waals surface area contributed by atoms with Crippen LogP contribution in [0.15, 0.2) is 71.0 Å². The predicted octanol–water partition coefficient (Wildman–Crippen LogP) is 3.32. The highest BCUT2D eigenvalue weighted by Crippen LogP contribution is 2.30. The van der Waals surface area contributed by atoms with Crippen molar-refractivity contribution in [1.82, 2.24) is 0 Å². The summed E-state index contributed by atoms with van der Waals surface area (Å²) in [5.41, 5.74) is 1.48. The van der Waals surface area contributed by atoms with Gasteiger partial charge in [0.2, 0.25) is 0 Å². The molecule has 2 aromatic rings. The zero-order valence-electron chi connectivity index (χ0n) is 14.6. The number of rotatable bonds is 5. The van der Waals surface area contributed by atoms with Crippen LogP contribution in [0.1, 0.15) is 25.3 Å². The molecule has 26 heavy (non-hydrogen) atoms. The Bertz CT molecular complexity index is 1010. The van der Waals surface area contributed by atoms with Gasteiger partial charge in [-0.1, -0.05) is 44.2 Å². The van der Waals surface area contributed by atoms with Gasteiger partial charge in [-0.2, -0.15) is 0 Å². The Morgan fingerprint density at radius 2 is 1.62 bits per heavy atom. The van der Waals surface area contributed by atoms with Gasteiger partial charge in [0.25, 0.3) is 10.0 Å². The first kappa shape index (κ1) is 18.7. The normalized spacial score (nSPS) is 19.0. The average Bonchev–Trinajstić information content (AvgIpc) is 2.95. The number of para-hydroxylation sites is 1. The summed E-state index contributed by atoms with van der Waals surface area (Å²) >= 11 is 0. The highest BCUT2D eigenvalue weighted by molar-refractivity contribution is 7.95. The van der Waals surface area contributed by atoms with Crippen LogP contribution in [0.2, 0.25) is 0 Å². The van der Waals surface area contributed by atoms with E-state index < -0.39 is 25.9 Å². The molecule has 0 aromatic heterocycles. The van der Waals surface area contributed by atoms with E-state index in [4.69, 9.17) is 0 Å². The van der Waals surface area contributed by atoms with Gasteiger partial charge in [0, 0.05) is 5.41 Å². The fraction of sp³-hybridized carbons (Fsp3) is 0.263. The third kappa shape index (κ3) is 3.68. The Hall–Kier alpha value is -2.12. The molecule has 0 spiro atoms. The molecule has 0 bridgehead atoms. The molecule has 2 aromatic carbocycles. The number of anilines is 1. The van der Waals surface area contributed by atoms with Crippen molar-refractivity contribution in [1.29, 1.82) is 0 Å². The van der Waals surface area contributed by atoms with Gasteiger partial charge in [-0.05, 0) is 41.8 Å². The number of hydrogen-bond donors (Lipinski definition) is 0. The van der Waals surface area contributed by atoms with Crippen LogP contribution in [-0.4, -0.2) is 28.6 Å². The number of benzene rings is 2. The zero-order valence-corrected chi connectivity index (χ0v) is 16.2. The molecule has 0 unspecified atom stereocenters. The van der Waals surface area contributed by atoms with Gasteiger partial charge in [-0.15, -0.1) is 0 Å². The van der Waals surface area contributed by atoms with E-state index in [9.17, 15) is 16.8 Å². The van der Waals surface area contributed by atoms with E-state index >= 15 is 0 Å².